The number of benzene rings is 2. The second-order valence-electron chi connectivity index (χ2n) is 5.87. The summed E-state index contributed by atoms with van der Waals surface area (Å²) in [5.41, 5.74) is 0.944. The van der Waals surface area contributed by atoms with Crippen molar-refractivity contribution in [3.05, 3.63) is 58.9 Å². The van der Waals surface area contributed by atoms with Crippen molar-refractivity contribution in [3.63, 3.8) is 0 Å². The zero-order valence-electron chi connectivity index (χ0n) is 14.4. The molecule has 1 N–H and O–H groups in total. The normalized spacial score (nSPS) is 10.5. The maximum atomic E-state index is 13.1. The maximum Gasteiger partial charge on any atom is 0.255 e. The number of ether oxygens (including phenoxy) is 1. The molecule has 0 unspecified atom stereocenters. The Balaban J connectivity index is 1.82. The van der Waals surface area contributed by atoms with E-state index in [4.69, 9.17) is 16.3 Å². The van der Waals surface area contributed by atoms with Crippen LogP contribution in [-0.2, 0) is 0 Å². The summed E-state index contributed by atoms with van der Waals surface area (Å²) in [5.74, 6) is -0.0541. The number of nitrogens with one attached hydrogen (secondary N) is 1. The van der Waals surface area contributed by atoms with Gasteiger partial charge in [0.05, 0.1) is 11.6 Å². The Kier molecular flexibility index (Phi) is 7.74. The summed E-state index contributed by atoms with van der Waals surface area (Å²) in [5, 5.41) is 2.66. The van der Waals surface area contributed by atoms with E-state index in [1.54, 1.807) is 24.3 Å². The zero-order valence-corrected chi connectivity index (χ0v) is 15.1. The van der Waals surface area contributed by atoms with Crippen LogP contribution < -0.4 is 10.1 Å². The first-order valence-electron chi connectivity index (χ1n) is 8.59. The van der Waals surface area contributed by atoms with E-state index in [1.807, 2.05) is 0 Å². The van der Waals surface area contributed by atoms with Gasteiger partial charge in [-0.1, -0.05) is 44.2 Å². The molecule has 3 nitrogen and oxygen atoms in total. The second kappa shape index (κ2) is 10.0. The molecule has 0 saturated carbocycles. The smallest absolute Gasteiger partial charge is 0.255 e. The third-order valence-electron chi connectivity index (χ3n) is 3.81. The van der Waals surface area contributed by atoms with Crippen molar-refractivity contribution in [1.82, 2.24) is 0 Å². The Hall–Kier alpha value is -2.07. The van der Waals surface area contributed by atoms with Crippen LogP contribution in [0.15, 0.2) is 42.5 Å². The minimum atomic E-state index is -0.518. The summed E-state index contributed by atoms with van der Waals surface area (Å²) in [6.45, 7) is 2.88. The number of carbonyl (C=O) groups is 1. The van der Waals surface area contributed by atoms with E-state index in [2.05, 4.69) is 12.2 Å². The highest BCUT2D eigenvalue weighted by atomic mass is 35.5. The van der Waals surface area contributed by atoms with Gasteiger partial charge in [0.2, 0.25) is 0 Å². The SMILES string of the molecule is CCCCCCCOc1ccc(C(=O)Nc2ccc(F)c(Cl)c2)cc1. The van der Waals surface area contributed by atoms with Gasteiger partial charge in [0, 0.05) is 11.3 Å². The monoisotopic (exact) mass is 363 g/mol. The van der Waals surface area contributed by atoms with Crippen molar-refractivity contribution in [2.24, 2.45) is 0 Å². The van der Waals surface area contributed by atoms with Gasteiger partial charge in [-0.15, -0.1) is 0 Å². The van der Waals surface area contributed by atoms with Gasteiger partial charge < -0.3 is 10.1 Å². The van der Waals surface area contributed by atoms with Gasteiger partial charge in [-0.2, -0.15) is 0 Å². The highest BCUT2D eigenvalue weighted by Crippen LogP contribution is 2.20. The molecule has 0 heterocycles. The van der Waals surface area contributed by atoms with Gasteiger partial charge in [-0.25, -0.2) is 4.39 Å². The van der Waals surface area contributed by atoms with Crippen LogP contribution >= 0.6 is 11.6 Å². The van der Waals surface area contributed by atoms with Gasteiger partial charge in [0.25, 0.3) is 5.91 Å². The molecule has 5 heteroatoms. The Morgan fingerprint density at radius 2 is 1.80 bits per heavy atom. The number of unbranched alkanes of at least 4 members (excludes halogenated alkanes) is 4. The summed E-state index contributed by atoms with van der Waals surface area (Å²) < 4.78 is 18.8. The van der Waals surface area contributed by atoms with E-state index in [9.17, 15) is 9.18 Å². The third-order valence-corrected chi connectivity index (χ3v) is 4.10. The molecule has 1 amide bonds. The zero-order chi connectivity index (χ0) is 18.1. The molecule has 2 aromatic carbocycles. The van der Waals surface area contributed by atoms with E-state index >= 15 is 0 Å². The number of halogens is 2. The molecule has 0 saturated heterocycles. The topological polar surface area (TPSA) is 38.3 Å². The Morgan fingerprint density at radius 1 is 1.08 bits per heavy atom. The average molecular weight is 364 g/mol. The van der Waals surface area contributed by atoms with Gasteiger partial charge >= 0.3 is 0 Å². The van der Waals surface area contributed by atoms with Gasteiger partial charge in [0.1, 0.15) is 11.6 Å². The average Bonchev–Trinajstić information content (AvgIpc) is 2.61. The first kappa shape index (κ1) is 19.3. The third kappa shape index (κ3) is 6.39. The first-order valence-corrected chi connectivity index (χ1v) is 8.97. The Bertz CT molecular complexity index is 689. The quantitative estimate of drug-likeness (QED) is 0.548. The van der Waals surface area contributed by atoms with Crippen LogP contribution in [0.3, 0.4) is 0 Å². The molecule has 0 bridgehead atoms. The molecule has 0 aliphatic carbocycles. The van der Waals surface area contributed by atoms with Crippen molar-refractivity contribution >= 4 is 23.2 Å². The van der Waals surface area contributed by atoms with E-state index in [0.29, 0.717) is 17.9 Å². The first-order chi connectivity index (χ1) is 12.1. The molecular weight excluding hydrogens is 341 g/mol. The van der Waals surface area contributed by atoms with Crippen LogP contribution in [0.4, 0.5) is 10.1 Å². The van der Waals surface area contributed by atoms with Crippen molar-refractivity contribution in [2.75, 3.05) is 11.9 Å². The fourth-order valence-corrected chi connectivity index (χ4v) is 2.56. The number of hydrogen-bond acceptors (Lipinski definition) is 2. The van der Waals surface area contributed by atoms with Crippen molar-refractivity contribution < 1.29 is 13.9 Å². The van der Waals surface area contributed by atoms with E-state index in [0.717, 1.165) is 12.2 Å². The molecule has 134 valence electrons. The largest absolute Gasteiger partial charge is 0.494 e. The number of amides is 1. The lowest BCUT2D eigenvalue weighted by atomic mass is 10.1. The predicted molar refractivity (Wildman–Crippen MR) is 100 cm³/mol. The lowest BCUT2D eigenvalue weighted by Gasteiger charge is -2.08. The van der Waals surface area contributed by atoms with Crippen molar-refractivity contribution in [1.29, 1.82) is 0 Å². The molecule has 0 fully saturated rings. The standard InChI is InChI=1S/C20H23ClFNO2/c1-2-3-4-5-6-13-25-17-10-7-15(8-11-17)20(24)23-16-9-12-19(22)18(21)14-16/h7-12,14H,2-6,13H2,1H3,(H,23,24). The molecular formula is C20H23ClFNO2. The highest BCUT2D eigenvalue weighted by molar-refractivity contribution is 6.31. The molecule has 0 aliphatic rings. The Morgan fingerprint density at radius 3 is 2.48 bits per heavy atom. The van der Waals surface area contributed by atoms with E-state index < -0.39 is 5.82 Å². The molecule has 25 heavy (non-hydrogen) atoms. The fraction of sp³-hybridized carbons (Fsp3) is 0.350. The van der Waals surface area contributed by atoms with Crippen LogP contribution in [0.1, 0.15) is 49.4 Å². The minimum Gasteiger partial charge on any atom is -0.494 e. The summed E-state index contributed by atoms with van der Waals surface area (Å²) in [6, 6.07) is 11.0. The van der Waals surface area contributed by atoms with E-state index in [1.165, 1.54) is 43.9 Å². The number of carbonyl (C=O) groups excluding carboxylic acids is 1. The molecule has 2 rings (SSSR count). The van der Waals surface area contributed by atoms with Gasteiger partial charge in [-0.3, -0.25) is 4.79 Å². The van der Waals surface area contributed by atoms with Gasteiger partial charge in [-0.05, 0) is 48.9 Å². The van der Waals surface area contributed by atoms with Crippen LogP contribution in [0, 0.1) is 5.82 Å². The summed E-state index contributed by atoms with van der Waals surface area (Å²) in [7, 11) is 0. The molecule has 0 radical (unpaired) electrons. The summed E-state index contributed by atoms with van der Waals surface area (Å²) in [4.78, 5) is 12.2. The van der Waals surface area contributed by atoms with Crippen LogP contribution in [-0.4, -0.2) is 12.5 Å². The van der Waals surface area contributed by atoms with Crippen LogP contribution in [0.25, 0.3) is 0 Å². The molecule has 2 aromatic rings. The maximum absolute atomic E-state index is 13.1. The van der Waals surface area contributed by atoms with E-state index in [-0.39, 0.29) is 10.9 Å². The van der Waals surface area contributed by atoms with Crippen molar-refractivity contribution in [3.8, 4) is 5.75 Å². The fourth-order valence-electron chi connectivity index (χ4n) is 2.38. The van der Waals surface area contributed by atoms with Crippen molar-refractivity contribution in [2.45, 2.75) is 39.0 Å². The number of hydrogen-bond donors (Lipinski definition) is 1. The summed E-state index contributed by atoms with van der Waals surface area (Å²) in [6.07, 6.45) is 5.95. The summed E-state index contributed by atoms with van der Waals surface area (Å²) >= 11 is 5.71. The number of rotatable bonds is 9. The molecule has 0 spiro atoms. The predicted octanol–water partition coefficient (Wildman–Crippen LogP) is 6.08. The highest BCUT2D eigenvalue weighted by Gasteiger charge is 2.08. The lowest BCUT2D eigenvalue weighted by molar-refractivity contribution is 0.102. The van der Waals surface area contributed by atoms with Gasteiger partial charge in [0.15, 0.2) is 0 Å². The molecule has 0 atom stereocenters. The lowest BCUT2D eigenvalue weighted by Crippen LogP contribution is -2.11. The Labute approximate surface area is 153 Å². The van der Waals surface area contributed by atoms with Crippen LogP contribution in [0.5, 0.6) is 5.75 Å². The number of anilines is 1. The molecule has 0 aliphatic heterocycles. The minimum absolute atomic E-state index is 0.0273. The molecule has 0 aromatic heterocycles. The second-order valence-corrected chi connectivity index (χ2v) is 6.28. The van der Waals surface area contributed by atoms with Crippen LogP contribution in [0.2, 0.25) is 5.02 Å².